The van der Waals surface area contributed by atoms with Crippen molar-refractivity contribution >= 4 is 52.9 Å². The fraction of sp³-hybridized carbons (Fsp3) is 0.450. The minimum atomic E-state index is 0. The second kappa shape index (κ2) is 10.8. The predicted molar refractivity (Wildman–Crippen MR) is 126 cm³/mol. The number of amides is 1. The summed E-state index contributed by atoms with van der Waals surface area (Å²) in [7, 11) is 3.78. The zero-order valence-electron chi connectivity index (χ0n) is 16.6. The molecule has 0 radical (unpaired) electrons. The first-order valence-electron chi connectivity index (χ1n) is 9.27. The van der Waals surface area contributed by atoms with E-state index in [4.69, 9.17) is 0 Å². The van der Waals surface area contributed by atoms with E-state index in [0.717, 1.165) is 47.2 Å². The van der Waals surface area contributed by atoms with Crippen molar-refractivity contribution in [1.82, 2.24) is 15.2 Å². The third-order valence-electron chi connectivity index (χ3n) is 4.76. The Morgan fingerprint density at radius 2 is 2.18 bits per heavy atom. The van der Waals surface area contributed by atoms with Crippen LogP contribution in [-0.2, 0) is 17.9 Å². The summed E-state index contributed by atoms with van der Waals surface area (Å²) in [5.41, 5.74) is 3.00. The number of guanidine groups is 1. The Balaban J connectivity index is 0.00000280. The molecule has 3 rings (SSSR count). The third-order valence-corrected chi connectivity index (χ3v) is 5.58. The number of carbonyl (C=O) groups is 1. The van der Waals surface area contributed by atoms with Crippen LogP contribution in [-0.4, -0.2) is 35.8 Å². The average Bonchev–Trinajstić information content (AvgIpc) is 2.99. The normalized spacial score (nSPS) is 14.0. The van der Waals surface area contributed by atoms with Crippen LogP contribution in [0.5, 0.6) is 0 Å². The van der Waals surface area contributed by atoms with Crippen molar-refractivity contribution in [2.45, 2.75) is 39.3 Å². The highest BCUT2D eigenvalue weighted by atomic mass is 127. The van der Waals surface area contributed by atoms with Gasteiger partial charge < -0.3 is 15.5 Å². The molecule has 0 aliphatic heterocycles. The summed E-state index contributed by atoms with van der Waals surface area (Å²) in [5, 5.41) is 9.55. The first-order chi connectivity index (χ1) is 13.0. The molecule has 1 amide bonds. The lowest BCUT2D eigenvalue weighted by atomic mass is 9.85. The monoisotopic (exact) mass is 513 g/mol. The van der Waals surface area contributed by atoms with Crippen LogP contribution in [0, 0.1) is 12.8 Å². The molecule has 1 heterocycles. The number of hydrogen-bond acceptors (Lipinski definition) is 4. The van der Waals surface area contributed by atoms with Crippen molar-refractivity contribution in [2.75, 3.05) is 19.4 Å². The highest BCUT2D eigenvalue weighted by Gasteiger charge is 2.25. The maximum absolute atomic E-state index is 12.1. The van der Waals surface area contributed by atoms with E-state index in [1.165, 1.54) is 0 Å². The fourth-order valence-electron chi connectivity index (χ4n) is 3.04. The van der Waals surface area contributed by atoms with Gasteiger partial charge in [-0.15, -0.1) is 35.3 Å². The van der Waals surface area contributed by atoms with Crippen molar-refractivity contribution in [3.8, 4) is 0 Å². The van der Waals surface area contributed by atoms with E-state index in [-0.39, 0.29) is 35.8 Å². The number of aliphatic imine (C=N–C) groups is 1. The summed E-state index contributed by atoms with van der Waals surface area (Å²) in [5.74, 6) is 1.14. The molecule has 0 spiro atoms. The molecule has 0 saturated heterocycles. The number of nitrogens with one attached hydrogen (secondary N) is 2. The van der Waals surface area contributed by atoms with E-state index in [2.05, 4.69) is 30.9 Å². The van der Waals surface area contributed by atoms with Crippen LogP contribution in [0.25, 0.3) is 0 Å². The van der Waals surface area contributed by atoms with Gasteiger partial charge in [-0.25, -0.2) is 4.98 Å². The van der Waals surface area contributed by atoms with Crippen molar-refractivity contribution in [3.05, 3.63) is 45.9 Å². The van der Waals surface area contributed by atoms with Crippen LogP contribution in [0.4, 0.5) is 5.69 Å². The van der Waals surface area contributed by atoms with Crippen LogP contribution < -0.4 is 10.6 Å². The summed E-state index contributed by atoms with van der Waals surface area (Å²) in [4.78, 5) is 23.0. The molecule has 0 bridgehead atoms. The van der Waals surface area contributed by atoms with Gasteiger partial charge in [-0.2, -0.15) is 0 Å². The molecule has 1 aliphatic carbocycles. The Hall–Kier alpha value is -1.68. The quantitative estimate of drug-likeness (QED) is 0.348. The Morgan fingerprint density at radius 3 is 2.79 bits per heavy atom. The lowest BCUT2D eigenvalue weighted by Crippen LogP contribution is -2.38. The maximum Gasteiger partial charge on any atom is 0.227 e. The zero-order chi connectivity index (χ0) is 19.2. The van der Waals surface area contributed by atoms with Crippen molar-refractivity contribution < 1.29 is 4.79 Å². The minimum absolute atomic E-state index is 0. The number of nitrogens with zero attached hydrogens (tertiary/aromatic N) is 3. The van der Waals surface area contributed by atoms with Crippen LogP contribution >= 0.6 is 35.3 Å². The number of anilines is 1. The molecular formula is C20H28IN5OS. The molecule has 0 atom stereocenters. The first-order valence-corrected chi connectivity index (χ1v) is 10.2. The highest BCUT2D eigenvalue weighted by Crippen LogP contribution is 2.27. The van der Waals surface area contributed by atoms with Crippen LogP contribution in [0.15, 0.2) is 34.6 Å². The van der Waals surface area contributed by atoms with Gasteiger partial charge in [0.2, 0.25) is 5.91 Å². The Labute approximate surface area is 187 Å². The van der Waals surface area contributed by atoms with Crippen molar-refractivity contribution in [3.63, 3.8) is 0 Å². The molecule has 8 heteroatoms. The van der Waals surface area contributed by atoms with E-state index < -0.39 is 0 Å². The Bertz CT molecular complexity index is 818. The van der Waals surface area contributed by atoms with Crippen molar-refractivity contribution in [2.24, 2.45) is 10.9 Å². The smallest absolute Gasteiger partial charge is 0.227 e. The predicted octanol–water partition coefficient (Wildman–Crippen LogP) is 4.02. The molecule has 1 aromatic carbocycles. The molecule has 0 unspecified atom stereocenters. The molecule has 28 heavy (non-hydrogen) atoms. The van der Waals surface area contributed by atoms with Gasteiger partial charge >= 0.3 is 0 Å². The fourth-order valence-corrected chi connectivity index (χ4v) is 3.64. The maximum atomic E-state index is 12.1. The Kier molecular flexibility index (Phi) is 8.68. The van der Waals surface area contributed by atoms with E-state index >= 15 is 0 Å². The number of hydrogen-bond donors (Lipinski definition) is 2. The summed E-state index contributed by atoms with van der Waals surface area (Å²) in [6.45, 7) is 3.36. The third kappa shape index (κ3) is 6.16. The van der Waals surface area contributed by atoms with Crippen LogP contribution in [0.2, 0.25) is 0 Å². The average molecular weight is 513 g/mol. The van der Waals surface area contributed by atoms with E-state index in [0.29, 0.717) is 13.1 Å². The molecule has 2 N–H and O–H groups in total. The standard InChI is InChI=1S/C20H27N5OS.HI/c1-14-23-18(13-27-14)12-25(3)20(21-2)22-11-15-6-4-9-17(10-15)24-19(26)16-7-5-8-16;/h4,6,9-10,13,16H,5,7-8,11-12H2,1-3H3,(H,21,22)(H,24,26);1H. The summed E-state index contributed by atoms with van der Waals surface area (Å²) < 4.78 is 0. The lowest BCUT2D eigenvalue weighted by molar-refractivity contribution is -0.122. The van der Waals surface area contributed by atoms with Crippen LogP contribution in [0.3, 0.4) is 0 Å². The molecule has 152 valence electrons. The summed E-state index contributed by atoms with van der Waals surface area (Å²) >= 11 is 1.66. The van der Waals surface area contributed by atoms with Gasteiger partial charge in [-0.3, -0.25) is 9.79 Å². The largest absolute Gasteiger partial charge is 0.352 e. The number of halogens is 1. The number of thiazole rings is 1. The van der Waals surface area contributed by atoms with E-state index in [9.17, 15) is 4.79 Å². The summed E-state index contributed by atoms with van der Waals surface area (Å²) in [6.07, 6.45) is 3.18. The molecule has 1 aliphatic rings. The van der Waals surface area contributed by atoms with Gasteiger partial charge in [0, 0.05) is 37.6 Å². The van der Waals surface area contributed by atoms with Crippen LogP contribution in [0.1, 0.15) is 35.5 Å². The molecule has 1 saturated carbocycles. The number of carbonyl (C=O) groups excluding carboxylic acids is 1. The SMILES string of the molecule is CN=C(NCc1cccc(NC(=O)C2CCC2)c1)N(C)Cc1csc(C)n1.I. The lowest BCUT2D eigenvalue weighted by Gasteiger charge is -2.24. The first kappa shape index (κ1) is 22.6. The van der Waals surface area contributed by atoms with Gasteiger partial charge in [0.15, 0.2) is 5.96 Å². The summed E-state index contributed by atoms with van der Waals surface area (Å²) in [6, 6.07) is 7.97. The van der Waals surface area contributed by atoms with Gasteiger partial charge in [-0.1, -0.05) is 18.6 Å². The second-order valence-corrected chi connectivity index (χ2v) is 7.99. The molecule has 2 aromatic rings. The highest BCUT2D eigenvalue weighted by molar-refractivity contribution is 14.0. The van der Waals surface area contributed by atoms with Gasteiger partial charge in [-0.05, 0) is 37.5 Å². The molecule has 1 fully saturated rings. The zero-order valence-corrected chi connectivity index (χ0v) is 19.7. The number of rotatable bonds is 6. The van der Waals surface area contributed by atoms with Crippen molar-refractivity contribution in [1.29, 1.82) is 0 Å². The second-order valence-electron chi connectivity index (χ2n) is 6.93. The number of benzene rings is 1. The van der Waals surface area contributed by atoms with Gasteiger partial charge in [0.05, 0.1) is 17.2 Å². The van der Waals surface area contributed by atoms with Gasteiger partial charge in [0.1, 0.15) is 0 Å². The minimum Gasteiger partial charge on any atom is -0.352 e. The Morgan fingerprint density at radius 1 is 1.39 bits per heavy atom. The number of aryl methyl sites for hydroxylation is 1. The molecule has 6 nitrogen and oxygen atoms in total. The van der Waals surface area contributed by atoms with E-state index in [1.54, 1.807) is 18.4 Å². The number of aromatic nitrogens is 1. The van der Waals surface area contributed by atoms with Gasteiger partial charge in [0.25, 0.3) is 0 Å². The topological polar surface area (TPSA) is 69.6 Å². The molecular weight excluding hydrogens is 485 g/mol. The molecule has 1 aromatic heterocycles. The van der Waals surface area contributed by atoms with E-state index in [1.807, 2.05) is 38.2 Å².